The molecule has 0 atom stereocenters. The van der Waals surface area contributed by atoms with Crippen molar-refractivity contribution in [2.24, 2.45) is 5.73 Å². The summed E-state index contributed by atoms with van der Waals surface area (Å²) in [6, 6.07) is 11.8. The third-order valence-electron chi connectivity index (χ3n) is 6.09. The Labute approximate surface area is 189 Å². The number of nitrogens with zero attached hydrogens (tertiary/aromatic N) is 2. The molecular formula is C23H31N3O5S. The van der Waals surface area contributed by atoms with Gasteiger partial charge in [-0.15, -0.1) is 0 Å². The first kappa shape index (κ1) is 24.2. The van der Waals surface area contributed by atoms with Gasteiger partial charge < -0.3 is 15.6 Å². The summed E-state index contributed by atoms with van der Waals surface area (Å²) in [6.45, 7) is 5.58. The number of hydrogen-bond acceptors (Lipinski definition) is 6. The van der Waals surface area contributed by atoms with Gasteiger partial charge in [0.15, 0.2) is 4.75 Å². The van der Waals surface area contributed by atoms with E-state index in [4.69, 9.17) is 15.6 Å². The molecule has 9 heteroatoms. The lowest BCUT2D eigenvalue weighted by Crippen LogP contribution is -2.53. The van der Waals surface area contributed by atoms with Gasteiger partial charge in [0.05, 0.1) is 12.3 Å². The number of aliphatic hydroxyl groups excluding tert-OH is 1. The van der Waals surface area contributed by atoms with Gasteiger partial charge in [0.25, 0.3) is 0 Å². The van der Waals surface area contributed by atoms with E-state index in [-0.39, 0.29) is 19.1 Å². The van der Waals surface area contributed by atoms with Crippen LogP contribution in [0, 0.1) is 6.92 Å². The van der Waals surface area contributed by atoms with Gasteiger partial charge >= 0.3 is 0 Å². The summed E-state index contributed by atoms with van der Waals surface area (Å²) in [4.78, 5) is 16.2. The van der Waals surface area contributed by atoms with Crippen molar-refractivity contribution in [1.29, 1.82) is 0 Å². The molecule has 1 saturated heterocycles. The maximum atomic E-state index is 12.8. The number of piperidine rings is 1. The Hall–Kier alpha value is -2.49. The third-order valence-corrected chi connectivity index (χ3v) is 8.63. The molecule has 0 spiro atoms. The largest absolute Gasteiger partial charge is 0.475 e. The zero-order chi connectivity index (χ0) is 23.5. The first-order chi connectivity index (χ1) is 15.1. The molecule has 2 heterocycles. The predicted molar refractivity (Wildman–Crippen MR) is 123 cm³/mol. The van der Waals surface area contributed by atoms with Crippen LogP contribution in [0.5, 0.6) is 5.88 Å². The summed E-state index contributed by atoms with van der Waals surface area (Å²) >= 11 is 0. The molecule has 1 aromatic heterocycles. The van der Waals surface area contributed by atoms with Crippen LogP contribution in [0.2, 0.25) is 0 Å². The van der Waals surface area contributed by atoms with Crippen molar-refractivity contribution in [3.63, 3.8) is 0 Å². The van der Waals surface area contributed by atoms with E-state index >= 15 is 0 Å². The minimum Gasteiger partial charge on any atom is -0.475 e. The van der Waals surface area contributed by atoms with Gasteiger partial charge in [0.2, 0.25) is 21.8 Å². The quantitative estimate of drug-likeness (QED) is 0.621. The van der Waals surface area contributed by atoms with Crippen LogP contribution < -0.4 is 10.5 Å². The van der Waals surface area contributed by atoms with E-state index in [2.05, 4.69) is 17.1 Å². The van der Waals surface area contributed by atoms with Gasteiger partial charge in [0.1, 0.15) is 6.61 Å². The van der Waals surface area contributed by atoms with Crippen LogP contribution in [0.25, 0.3) is 11.3 Å². The summed E-state index contributed by atoms with van der Waals surface area (Å²) in [5, 5.41) is 8.93. The first-order valence-corrected chi connectivity index (χ1v) is 12.1. The Balaban J connectivity index is 1.73. The van der Waals surface area contributed by atoms with Crippen LogP contribution in [-0.2, 0) is 14.8 Å². The van der Waals surface area contributed by atoms with E-state index < -0.39 is 20.7 Å². The Morgan fingerprint density at radius 1 is 1.25 bits per heavy atom. The van der Waals surface area contributed by atoms with Crippen molar-refractivity contribution in [1.82, 2.24) is 9.29 Å². The van der Waals surface area contributed by atoms with E-state index in [1.54, 1.807) is 6.07 Å². The number of rotatable bonds is 8. The number of benzene rings is 1. The van der Waals surface area contributed by atoms with Crippen LogP contribution in [0.4, 0.5) is 0 Å². The Kier molecular flexibility index (Phi) is 7.22. The number of aromatic nitrogens is 1. The minimum atomic E-state index is -3.81. The van der Waals surface area contributed by atoms with Crippen molar-refractivity contribution in [3.8, 4) is 17.1 Å². The highest BCUT2D eigenvalue weighted by molar-refractivity contribution is 7.91. The maximum absolute atomic E-state index is 12.8. The van der Waals surface area contributed by atoms with Crippen LogP contribution in [-0.4, -0.2) is 59.8 Å². The fourth-order valence-corrected chi connectivity index (χ4v) is 5.49. The number of primary amides is 1. The fraction of sp³-hybridized carbons (Fsp3) is 0.478. The van der Waals surface area contributed by atoms with Crippen LogP contribution >= 0.6 is 0 Å². The van der Waals surface area contributed by atoms with Crippen LogP contribution in [0.15, 0.2) is 36.4 Å². The number of carbonyl (C=O) groups excluding carboxylic acids is 1. The number of amides is 1. The summed E-state index contributed by atoms with van der Waals surface area (Å²) in [5.74, 6) is -0.143. The number of hydrogen-bond donors (Lipinski definition) is 2. The lowest BCUT2D eigenvalue weighted by atomic mass is 9.88. The highest BCUT2D eigenvalue weighted by atomic mass is 32.2. The molecule has 0 saturated carbocycles. The van der Waals surface area contributed by atoms with Crippen molar-refractivity contribution >= 4 is 15.9 Å². The zero-order valence-electron chi connectivity index (χ0n) is 18.7. The summed E-state index contributed by atoms with van der Waals surface area (Å²) in [5.41, 5.74) is 9.33. The number of pyridine rings is 1. The molecule has 1 fully saturated rings. The molecule has 1 aliphatic rings. The van der Waals surface area contributed by atoms with E-state index in [1.807, 2.05) is 25.1 Å². The van der Waals surface area contributed by atoms with Gasteiger partial charge in [-0.2, -0.15) is 0 Å². The fourth-order valence-electron chi connectivity index (χ4n) is 3.90. The minimum absolute atomic E-state index is 0.0697. The van der Waals surface area contributed by atoms with Gasteiger partial charge in [-0.3, -0.25) is 4.79 Å². The standard InChI is InChI=1S/C23H31N3O5S/c1-16-15-18(7-8-19(16)20-5-4-6-21(25-20)31-14-13-27)17-9-11-26(12-10-17)32(29,30)23(2,3)22(24)28/h4-8,15,17,27H,9-14H2,1-3H3,(H2,24,28). The molecule has 32 heavy (non-hydrogen) atoms. The molecule has 1 aromatic carbocycles. The van der Waals surface area contributed by atoms with E-state index in [0.29, 0.717) is 31.8 Å². The number of aryl methyl sites for hydroxylation is 1. The second-order valence-corrected chi connectivity index (χ2v) is 11.0. The number of nitrogens with two attached hydrogens (primary N) is 1. The van der Waals surface area contributed by atoms with Crippen molar-refractivity contribution < 1.29 is 23.1 Å². The van der Waals surface area contributed by atoms with Crippen molar-refractivity contribution in [2.45, 2.75) is 44.3 Å². The summed E-state index contributed by atoms with van der Waals surface area (Å²) in [6.07, 6.45) is 1.35. The maximum Gasteiger partial charge on any atom is 0.239 e. The Bertz CT molecular complexity index is 1080. The van der Waals surface area contributed by atoms with E-state index in [9.17, 15) is 13.2 Å². The van der Waals surface area contributed by atoms with Crippen LogP contribution in [0.1, 0.15) is 43.7 Å². The predicted octanol–water partition coefficient (Wildman–Crippen LogP) is 2.20. The van der Waals surface area contributed by atoms with Gasteiger partial charge in [-0.25, -0.2) is 17.7 Å². The molecule has 3 N–H and O–H groups in total. The molecule has 0 unspecified atom stereocenters. The molecule has 8 nitrogen and oxygen atoms in total. The Morgan fingerprint density at radius 2 is 1.94 bits per heavy atom. The number of sulfonamides is 1. The molecule has 2 aromatic rings. The lowest BCUT2D eigenvalue weighted by molar-refractivity contribution is -0.119. The van der Waals surface area contributed by atoms with Gasteiger partial charge in [-0.05, 0) is 56.7 Å². The summed E-state index contributed by atoms with van der Waals surface area (Å²) in [7, 11) is -3.81. The van der Waals surface area contributed by atoms with E-state index in [0.717, 1.165) is 22.4 Å². The average Bonchev–Trinajstić information content (AvgIpc) is 2.77. The normalized spacial score (nSPS) is 16.1. The van der Waals surface area contributed by atoms with Crippen molar-refractivity contribution in [2.75, 3.05) is 26.3 Å². The van der Waals surface area contributed by atoms with Gasteiger partial charge in [0, 0.05) is 24.7 Å². The topological polar surface area (TPSA) is 123 Å². The highest BCUT2D eigenvalue weighted by Crippen LogP contribution is 2.34. The molecule has 0 radical (unpaired) electrons. The smallest absolute Gasteiger partial charge is 0.239 e. The molecule has 0 bridgehead atoms. The lowest BCUT2D eigenvalue weighted by Gasteiger charge is -2.35. The Morgan fingerprint density at radius 3 is 2.53 bits per heavy atom. The molecule has 174 valence electrons. The number of ether oxygens (including phenoxy) is 1. The number of aliphatic hydroxyl groups is 1. The molecular weight excluding hydrogens is 430 g/mol. The van der Waals surface area contributed by atoms with Crippen molar-refractivity contribution in [3.05, 3.63) is 47.5 Å². The second kappa shape index (κ2) is 9.56. The SMILES string of the molecule is Cc1cc(C2CCN(S(=O)(=O)C(C)(C)C(N)=O)CC2)ccc1-c1cccc(OCCO)n1. The number of carbonyl (C=O) groups is 1. The molecule has 3 rings (SSSR count). The second-order valence-electron chi connectivity index (χ2n) is 8.56. The van der Waals surface area contributed by atoms with E-state index in [1.165, 1.54) is 18.2 Å². The van der Waals surface area contributed by atoms with Crippen LogP contribution in [0.3, 0.4) is 0 Å². The molecule has 0 aliphatic carbocycles. The zero-order valence-corrected chi connectivity index (χ0v) is 19.6. The average molecular weight is 462 g/mol. The summed E-state index contributed by atoms with van der Waals surface area (Å²) < 4.78 is 30.8. The monoisotopic (exact) mass is 461 g/mol. The highest BCUT2D eigenvalue weighted by Gasteiger charge is 2.45. The third kappa shape index (κ3) is 4.79. The first-order valence-electron chi connectivity index (χ1n) is 10.7. The molecule has 1 aliphatic heterocycles. The molecule has 1 amide bonds. The van der Waals surface area contributed by atoms with Gasteiger partial charge in [-0.1, -0.05) is 24.3 Å².